The van der Waals surface area contributed by atoms with Crippen LogP contribution in [0.2, 0.25) is 0 Å². The van der Waals surface area contributed by atoms with Crippen LogP contribution >= 0.6 is 0 Å². The normalized spacial score (nSPS) is 11.8. The minimum Gasteiger partial charge on any atom is -0.493 e. The molecule has 12 nitrogen and oxygen atoms in total. The fourth-order valence-electron chi connectivity index (χ4n) is 3.33. The molecular weight excluding hydrogens is 536 g/mol. The molecule has 0 saturated carbocycles. The minimum atomic E-state index is -4.29. The van der Waals surface area contributed by atoms with Gasteiger partial charge in [0.05, 0.1) is 7.11 Å². The van der Waals surface area contributed by atoms with Gasteiger partial charge in [0.2, 0.25) is 11.6 Å². The average molecular weight is 563 g/mol. The lowest BCUT2D eigenvalue weighted by Gasteiger charge is -2.18. The summed E-state index contributed by atoms with van der Waals surface area (Å²) in [6, 6.07) is 11.3. The van der Waals surface area contributed by atoms with Gasteiger partial charge >= 0.3 is 0 Å². The second kappa shape index (κ2) is 12.4. The number of anilines is 1. The van der Waals surface area contributed by atoms with Gasteiger partial charge < -0.3 is 19.3 Å². The maximum Gasteiger partial charge on any atom is 0.280 e. The van der Waals surface area contributed by atoms with Crippen molar-refractivity contribution in [2.75, 3.05) is 11.8 Å². The third-order valence-electron chi connectivity index (χ3n) is 5.30. The molecule has 0 radical (unpaired) electrons. The van der Waals surface area contributed by atoms with Crippen LogP contribution in [0, 0.1) is 11.8 Å². The van der Waals surface area contributed by atoms with Gasteiger partial charge in [-0.15, -0.1) is 5.92 Å². The molecule has 0 bridgehead atoms. The van der Waals surface area contributed by atoms with Crippen molar-refractivity contribution < 1.29 is 27.7 Å². The molecule has 1 aromatic carbocycles. The number of aliphatic hydroxyl groups excluding tert-OH is 1. The summed E-state index contributed by atoms with van der Waals surface area (Å²) in [7, 11) is -2.84. The zero-order valence-corrected chi connectivity index (χ0v) is 22.9. The third kappa shape index (κ3) is 6.60. The lowest BCUT2D eigenvalue weighted by Crippen LogP contribution is -2.19. The van der Waals surface area contributed by atoms with E-state index in [4.69, 9.17) is 14.2 Å². The summed E-state index contributed by atoms with van der Waals surface area (Å²) < 4.78 is 46.2. The Kier molecular flexibility index (Phi) is 8.73. The second-order valence-corrected chi connectivity index (χ2v) is 10.0. The number of nitrogens with zero attached hydrogens (tertiary/aromatic N) is 5. The molecule has 3 aromatic heterocycles. The maximum absolute atomic E-state index is 13.4. The predicted octanol–water partition coefficient (Wildman–Crippen LogP) is 3.77. The Morgan fingerprint density at radius 1 is 0.950 bits per heavy atom. The van der Waals surface area contributed by atoms with Crippen molar-refractivity contribution in [1.82, 2.24) is 24.9 Å². The van der Waals surface area contributed by atoms with Crippen LogP contribution in [0.15, 0.2) is 66.1 Å². The van der Waals surface area contributed by atoms with Gasteiger partial charge in [0.25, 0.3) is 22.2 Å². The van der Waals surface area contributed by atoms with E-state index in [0.29, 0.717) is 5.75 Å². The van der Waals surface area contributed by atoms with E-state index in [1.165, 1.54) is 38.7 Å². The standard InChI is InChI=1S/C27H26N6O6S/c1-5-9-22(34)39-27-23(38-20-11-7-6-10-19(20)37-4)24(31-26(32-27)25-28-14-8-15-29-25)33-40(35,36)21-13-12-18(16-30-21)17(2)3/h6-8,10-17,22,34H,1-4H3,(H,31,32,33). The molecule has 0 aliphatic heterocycles. The number of methoxy groups -OCH3 is 1. The summed E-state index contributed by atoms with van der Waals surface area (Å²) in [4.78, 5) is 21.0. The third-order valence-corrected chi connectivity index (χ3v) is 6.56. The van der Waals surface area contributed by atoms with Crippen LogP contribution in [0.5, 0.6) is 23.1 Å². The lowest BCUT2D eigenvalue weighted by molar-refractivity contribution is 0.0275. The van der Waals surface area contributed by atoms with Crippen LogP contribution in [-0.2, 0) is 10.0 Å². The molecule has 0 saturated heterocycles. The largest absolute Gasteiger partial charge is 0.493 e. The Labute approximate surface area is 231 Å². The molecule has 0 amide bonds. The van der Waals surface area contributed by atoms with Gasteiger partial charge in [-0.2, -0.15) is 13.4 Å². The smallest absolute Gasteiger partial charge is 0.280 e. The molecule has 0 aliphatic carbocycles. The number of benzene rings is 1. The number of sulfonamides is 1. The van der Waals surface area contributed by atoms with E-state index in [-0.39, 0.29) is 45.8 Å². The van der Waals surface area contributed by atoms with Crippen molar-refractivity contribution in [1.29, 1.82) is 0 Å². The second-order valence-electron chi connectivity index (χ2n) is 8.41. The Hall–Kier alpha value is -4.80. The number of nitrogens with one attached hydrogen (secondary N) is 1. The number of para-hydroxylation sites is 2. The van der Waals surface area contributed by atoms with E-state index in [0.717, 1.165) is 5.56 Å². The van der Waals surface area contributed by atoms with Crippen molar-refractivity contribution in [3.63, 3.8) is 0 Å². The molecule has 0 spiro atoms. The van der Waals surface area contributed by atoms with Crippen LogP contribution in [0.25, 0.3) is 11.6 Å². The molecule has 3 heterocycles. The van der Waals surface area contributed by atoms with Gasteiger partial charge in [0, 0.05) is 18.6 Å². The highest BCUT2D eigenvalue weighted by molar-refractivity contribution is 7.92. The van der Waals surface area contributed by atoms with E-state index in [9.17, 15) is 13.5 Å². The molecule has 206 valence electrons. The zero-order chi connectivity index (χ0) is 28.7. The highest BCUT2D eigenvalue weighted by Crippen LogP contribution is 2.41. The molecule has 0 fully saturated rings. The number of aromatic nitrogens is 5. The Morgan fingerprint density at radius 2 is 1.68 bits per heavy atom. The highest BCUT2D eigenvalue weighted by Gasteiger charge is 2.27. The molecule has 0 aliphatic rings. The first-order valence-electron chi connectivity index (χ1n) is 12.0. The summed E-state index contributed by atoms with van der Waals surface area (Å²) >= 11 is 0. The summed E-state index contributed by atoms with van der Waals surface area (Å²) in [5.74, 6) is 4.67. The molecular formula is C27H26N6O6S. The van der Waals surface area contributed by atoms with Gasteiger partial charge in [-0.05, 0) is 48.6 Å². The summed E-state index contributed by atoms with van der Waals surface area (Å²) in [5, 5.41) is 10.1. The summed E-state index contributed by atoms with van der Waals surface area (Å²) in [5.41, 5.74) is 0.867. The SMILES string of the molecule is CC#CC(O)Oc1nc(-c2ncccn2)nc(NS(=O)(=O)c2ccc(C(C)C)cn2)c1Oc1ccccc1OC. The quantitative estimate of drug-likeness (QED) is 0.214. The molecule has 4 rings (SSSR count). The van der Waals surface area contributed by atoms with Gasteiger partial charge in [0.1, 0.15) is 0 Å². The van der Waals surface area contributed by atoms with Crippen LogP contribution < -0.4 is 18.9 Å². The fourth-order valence-corrected chi connectivity index (χ4v) is 4.27. The minimum absolute atomic E-state index is 0.0621. The first-order chi connectivity index (χ1) is 19.2. The number of aliphatic hydroxyl groups is 1. The summed E-state index contributed by atoms with van der Waals surface area (Å²) in [6.07, 6.45) is 2.79. The fraction of sp³-hybridized carbons (Fsp3) is 0.222. The number of pyridine rings is 1. The summed E-state index contributed by atoms with van der Waals surface area (Å²) in [6.45, 7) is 5.45. The van der Waals surface area contributed by atoms with Gasteiger partial charge in [-0.1, -0.05) is 32.0 Å². The molecule has 40 heavy (non-hydrogen) atoms. The average Bonchev–Trinajstić information content (AvgIpc) is 2.95. The Balaban J connectivity index is 1.89. The predicted molar refractivity (Wildman–Crippen MR) is 145 cm³/mol. The van der Waals surface area contributed by atoms with E-state index < -0.39 is 16.3 Å². The van der Waals surface area contributed by atoms with Crippen LogP contribution in [-0.4, -0.2) is 51.8 Å². The van der Waals surface area contributed by atoms with Crippen LogP contribution in [0.4, 0.5) is 5.82 Å². The van der Waals surface area contributed by atoms with Crippen molar-refractivity contribution in [2.45, 2.75) is 38.0 Å². The van der Waals surface area contributed by atoms with E-state index in [1.807, 2.05) is 13.8 Å². The van der Waals surface area contributed by atoms with E-state index in [2.05, 4.69) is 41.5 Å². The van der Waals surface area contributed by atoms with Crippen LogP contribution in [0.3, 0.4) is 0 Å². The maximum atomic E-state index is 13.4. The number of ether oxygens (including phenoxy) is 3. The molecule has 1 atom stereocenters. The Bertz CT molecular complexity index is 1640. The first kappa shape index (κ1) is 28.2. The van der Waals surface area contributed by atoms with Crippen molar-refractivity contribution in [3.8, 4) is 46.6 Å². The van der Waals surface area contributed by atoms with Crippen molar-refractivity contribution in [2.24, 2.45) is 0 Å². The van der Waals surface area contributed by atoms with Gasteiger partial charge in [0.15, 0.2) is 28.2 Å². The van der Waals surface area contributed by atoms with Crippen LogP contribution in [0.1, 0.15) is 32.3 Å². The van der Waals surface area contributed by atoms with E-state index >= 15 is 0 Å². The van der Waals surface area contributed by atoms with E-state index in [1.54, 1.807) is 36.4 Å². The number of rotatable bonds is 10. The topological polar surface area (TPSA) is 159 Å². The highest BCUT2D eigenvalue weighted by atomic mass is 32.2. The van der Waals surface area contributed by atoms with Gasteiger partial charge in [-0.25, -0.2) is 19.9 Å². The monoisotopic (exact) mass is 562 g/mol. The molecule has 2 N–H and O–H groups in total. The van der Waals surface area contributed by atoms with Crippen molar-refractivity contribution in [3.05, 3.63) is 66.6 Å². The number of hydrogen-bond donors (Lipinski definition) is 2. The van der Waals surface area contributed by atoms with Gasteiger partial charge in [-0.3, -0.25) is 4.72 Å². The lowest BCUT2D eigenvalue weighted by atomic mass is 10.1. The number of hydrogen-bond acceptors (Lipinski definition) is 11. The molecule has 1 unspecified atom stereocenters. The Morgan fingerprint density at radius 3 is 2.30 bits per heavy atom. The van der Waals surface area contributed by atoms with Crippen molar-refractivity contribution >= 4 is 15.8 Å². The first-order valence-corrected chi connectivity index (χ1v) is 13.5. The molecule has 4 aromatic rings. The zero-order valence-electron chi connectivity index (χ0n) is 22.1. The molecule has 13 heteroatoms.